The van der Waals surface area contributed by atoms with Gasteiger partial charge >= 0.3 is 11.9 Å². The summed E-state index contributed by atoms with van der Waals surface area (Å²) in [6.45, 7) is 11.3. The largest absolute Gasteiger partial charge is 0.466 e. The maximum absolute atomic E-state index is 12.5. The summed E-state index contributed by atoms with van der Waals surface area (Å²) in [6, 6.07) is 0. The summed E-state index contributed by atoms with van der Waals surface area (Å²) in [7, 11) is 0. The van der Waals surface area contributed by atoms with Crippen LogP contribution in [0.4, 0.5) is 0 Å². The maximum atomic E-state index is 12.5. The summed E-state index contributed by atoms with van der Waals surface area (Å²) in [5, 5.41) is 0. The van der Waals surface area contributed by atoms with Crippen molar-refractivity contribution in [3.63, 3.8) is 0 Å². The molecule has 4 atom stereocenters. The van der Waals surface area contributed by atoms with E-state index in [0.29, 0.717) is 13.0 Å². The monoisotopic (exact) mass is 338 g/mol. The van der Waals surface area contributed by atoms with Crippen LogP contribution in [0.2, 0.25) is 0 Å². The molecule has 0 aromatic heterocycles. The van der Waals surface area contributed by atoms with E-state index in [1.807, 2.05) is 6.92 Å². The highest BCUT2D eigenvalue weighted by molar-refractivity contribution is 5.88. The standard InChI is InChI=1S/C19H30O5/c1-12(9-10-23-14(3)20)7-8-16-13(2)18(22)17(24-15(4)21)11-19(16,5)6/h7-8,12-13,16-17H,9-11H2,1-6H3/b8-7+. The van der Waals surface area contributed by atoms with Gasteiger partial charge in [0.2, 0.25) is 0 Å². The molecule has 1 aliphatic rings. The second kappa shape index (κ2) is 8.45. The first-order valence-electron chi connectivity index (χ1n) is 8.57. The lowest BCUT2D eigenvalue weighted by atomic mass is 9.62. The second-order valence-corrected chi connectivity index (χ2v) is 7.50. The summed E-state index contributed by atoms with van der Waals surface area (Å²) in [5.74, 6) is -0.539. The zero-order valence-corrected chi connectivity index (χ0v) is 15.6. The van der Waals surface area contributed by atoms with Crippen LogP contribution in [0, 0.1) is 23.2 Å². The molecule has 4 unspecified atom stereocenters. The summed E-state index contributed by atoms with van der Waals surface area (Å²) >= 11 is 0. The van der Waals surface area contributed by atoms with Crippen LogP contribution in [0.3, 0.4) is 0 Å². The lowest BCUT2D eigenvalue weighted by Crippen LogP contribution is -2.47. The van der Waals surface area contributed by atoms with Crippen LogP contribution in [-0.4, -0.2) is 30.4 Å². The number of Topliss-reactive ketones (excluding diaryl/α,β-unsaturated/α-hetero) is 1. The van der Waals surface area contributed by atoms with Gasteiger partial charge in [-0.25, -0.2) is 0 Å². The molecule has 0 amide bonds. The normalized spacial score (nSPS) is 27.8. The Balaban J connectivity index is 2.73. The lowest BCUT2D eigenvalue weighted by molar-refractivity contribution is -0.161. The molecule has 0 bridgehead atoms. The van der Waals surface area contributed by atoms with Crippen molar-refractivity contribution in [3.8, 4) is 0 Å². The predicted octanol–water partition coefficient (Wildman–Crippen LogP) is 3.31. The van der Waals surface area contributed by atoms with Crippen molar-refractivity contribution in [3.05, 3.63) is 12.2 Å². The van der Waals surface area contributed by atoms with Crippen LogP contribution in [0.1, 0.15) is 54.4 Å². The van der Waals surface area contributed by atoms with Crippen molar-refractivity contribution < 1.29 is 23.9 Å². The van der Waals surface area contributed by atoms with Gasteiger partial charge in [0.1, 0.15) is 0 Å². The number of ether oxygens (including phenoxy) is 2. The summed E-state index contributed by atoms with van der Waals surface area (Å²) < 4.78 is 10.2. The summed E-state index contributed by atoms with van der Waals surface area (Å²) in [5.41, 5.74) is -0.139. The van der Waals surface area contributed by atoms with E-state index in [4.69, 9.17) is 9.47 Å². The molecule has 0 aromatic carbocycles. The minimum absolute atomic E-state index is 0.00765. The zero-order valence-electron chi connectivity index (χ0n) is 15.6. The molecule has 1 fully saturated rings. The van der Waals surface area contributed by atoms with Crippen LogP contribution >= 0.6 is 0 Å². The third-order valence-corrected chi connectivity index (χ3v) is 4.75. The van der Waals surface area contributed by atoms with Gasteiger partial charge in [0.05, 0.1) is 6.61 Å². The fraction of sp³-hybridized carbons (Fsp3) is 0.737. The van der Waals surface area contributed by atoms with E-state index < -0.39 is 12.1 Å². The smallest absolute Gasteiger partial charge is 0.303 e. The van der Waals surface area contributed by atoms with E-state index in [2.05, 4.69) is 32.9 Å². The summed E-state index contributed by atoms with van der Waals surface area (Å²) in [4.78, 5) is 34.5. The SMILES string of the molecule is CC(=O)OCCC(C)/C=C/C1C(C)C(=O)C(OC(C)=O)CC1(C)C. The second-order valence-electron chi connectivity index (χ2n) is 7.50. The molecule has 0 heterocycles. The molecule has 1 rings (SSSR count). The highest BCUT2D eigenvalue weighted by Crippen LogP contribution is 2.44. The predicted molar refractivity (Wildman–Crippen MR) is 91.2 cm³/mol. The Kier molecular flexibility index (Phi) is 7.18. The first-order valence-corrected chi connectivity index (χ1v) is 8.57. The van der Waals surface area contributed by atoms with Crippen molar-refractivity contribution in [2.45, 2.75) is 60.5 Å². The Morgan fingerprint density at radius 1 is 1.29 bits per heavy atom. The van der Waals surface area contributed by atoms with E-state index in [1.54, 1.807) is 0 Å². The molecule has 0 aliphatic heterocycles. The van der Waals surface area contributed by atoms with Gasteiger partial charge in [-0.1, -0.05) is 39.8 Å². The average molecular weight is 338 g/mol. The Bertz CT molecular complexity index is 506. The molecule has 5 nitrogen and oxygen atoms in total. The third kappa shape index (κ3) is 5.77. The van der Waals surface area contributed by atoms with E-state index >= 15 is 0 Å². The number of hydrogen-bond donors (Lipinski definition) is 0. The number of ketones is 1. The number of carbonyl (C=O) groups is 3. The molecule has 1 aliphatic carbocycles. The molecule has 0 N–H and O–H groups in total. The molecule has 0 spiro atoms. The lowest BCUT2D eigenvalue weighted by Gasteiger charge is -2.43. The number of rotatable bonds is 6. The van der Waals surface area contributed by atoms with E-state index in [1.165, 1.54) is 13.8 Å². The first kappa shape index (κ1) is 20.4. The minimum atomic E-state index is -0.640. The Labute approximate surface area is 144 Å². The maximum Gasteiger partial charge on any atom is 0.303 e. The molecular formula is C19H30O5. The molecule has 5 heteroatoms. The fourth-order valence-corrected chi connectivity index (χ4v) is 3.38. The van der Waals surface area contributed by atoms with Gasteiger partial charge in [-0.3, -0.25) is 14.4 Å². The molecule has 1 saturated carbocycles. The Morgan fingerprint density at radius 3 is 2.46 bits per heavy atom. The van der Waals surface area contributed by atoms with Crippen molar-refractivity contribution in [2.24, 2.45) is 23.2 Å². The van der Waals surface area contributed by atoms with Crippen LogP contribution in [0.5, 0.6) is 0 Å². The van der Waals surface area contributed by atoms with Gasteiger partial charge in [0.15, 0.2) is 11.9 Å². The third-order valence-electron chi connectivity index (χ3n) is 4.75. The van der Waals surface area contributed by atoms with Gasteiger partial charge in [0, 0.05) is 19.8 Å². The Morgan fingerprint density at radius 2 is 1.92 bits per heavy atom. The quantitative estimate of drug-likeness (QED) is 0.549. The number of allylic oxidation sites excluding steroid dienone is 2. The molecule has 136 valence electrons. The molecule has 24 heavy (non-hydrogen) atoms. The van der Waals surface area contributed by atoms with Gasteiger partial charge < -0.3 is 9.47 Å². The topological polar surface area (TPSA) is 69.7 Å². The van der Waals surface area contributed by atoms with Gasteiger partial charge in [-0.05, 0) is 30.1 Å². The van der Waals surface area contributed by atoms with Crippen molar-refractivity contribution in [2.75, 3.05) is 6.61 Å². The van der Waals surface area contributed by atoms with Crippen molar-refractivity contribution in [1.82, 2.24) is 0 Å². The summed E-state index contributed by atoms with van der Waals surface area (Å²) in [6.07, 6.45) is 4.84. The minimum Gasteiger partial charge on any atom is -0.466 e. The number of carbonyl (C=O) groups excluding carboxylic acids is 3. The number of esters is 2. The van der Waals surface area contributed by atoms with Crippen molar-refractivity contribution >= 4 is 17.7 Å². The molecule has 0 radical (unpaired) electrons. The highest BCUT2D eigenvalue weighted by Gasteiger charge is 2.46. The molecule has 0 saturated heterocycles. The highest BCUT2D eigenvalue weighted by atomic mass is 16.5. The average Bonchev–Trinajstić information content (AvgIpc) is 2.43. The molecular weight excluding hydrogens is 308 g/mol. The van der Waals surface area contributed by atoms with Gasteiger partial charge in [-0.15, -0.1) is 0 Å². The first-order chi connectivity index (χ1) is 11.0. The van der Waals surface area contributed by atoms with Crippen LogP contribution in [0.25, 0.3) is 0 Å². The van der Waals surface area contributed by atoms with Crippen LogP contribution in [-0.2, 0) is 23.9 Å². The van der Waals surface area contributed by atoms with Crippen LogP contribution in [0.15, 0.2) is 12.2 Å². The fourth-order valence-electron chi connectivity index (χ4n) is 3.38. The van der Waals surface area contributed by atoms with Gasteiger partial charge in [-0.2, -0.15) is 0 Å². The Hall–Kier alpha value is -1.65. The van der Waals surface area contributed by atoms with Gasteiger partial charge in [0.25, 0.3) is 0 Å². The molecule has 0 aromatic rings. The van der Waals surface area contributed by atoms with E-state index in [0.717, 1.165) is 6.42 Å². The zero-order chi connectivity index (χ0) is 18.5. The van der Waals surface area contributed by atoms with E-state index in [-0.39, 0.29) is 34.9 Å². The number of hydrogen-bond acceptors (Lipinski definition) is 5. The van der Waals surface area contributed by atoms with E-state index in [9.17, 15) is 14.4 Å². The van der Waals surface area contributed by atoms with Crippen molar-refractivity contribution in [1.29, 1.82) is 0 Å². The van der Waals surface area contributed by atoms with Crippen LogP contribution < -0.4 is 0 Å².